The molecule has 5 heteroatoms. The summed E-state index contributed by atoms with van der Waals surface area (Å²) < 4.78 is 5.88. The fourth-order valence-electron chi connectivity index (χ4n) is 3.11. The third kappa shape index (κ3) is 3.44. The van der Waals surface area contributed by atoms with Gasteiger partial charge in [-0.3, -0.25) is 4.98 Å². The van der Waals surface area contributed by atoms with Gasteiger partial charge in [0.2, 0.25) is 0 Å². The van der Waals surface area contributed by atoms with Crippen LogP contribution in [0.2, 0.25) is 0 Å². The van der Waals surface area contributed by atoms with Gasteiger partial charge in [0.25, 0.3) is 0 Å². The summed E-state index contributed by atoms with van der Waals surface area (Å²) in [5.41, 5.74) is 4.56. The molecule has 1 aromatic carbocycles. The lowest BCUT2D eigenvalue weighted by atomic mass is 9.97. The number of ether oxygens (including phenoxy) is 1. The van der Waals surface area contributed by atoms with Crippen LogP contribution in [0.25, 0.3) is 0 Å². The number of benzene rings is 1. The van der Waals surface area contributed by atoms with Gasteiger partial charge in [-0.1, -0.05) is 36.4 Å². The molecule has 0 bridgehead atoms. The molecule has 0 radical (unpaired) electrons. The molecule has 1 aliphatic rings. The Morgan fingerprint density at radius 2 is 2.04 bits per heavy atom. The molecule has 2 unspecified atom stereocenters. The molecule has 0 aliphatic carbocycles. The maximum atomic E-state index is 10.6. The third-order valence-electron chi connectivity index (χ3n) is 4.44. The molecule has 132 valence electrons. The first-order chi connectivity index (χ1) is 11.9. The molecular formula is C20H24N2O3. The van der Waals surface area contributed by atoms with Crippen LogP contribution in [0.5, 0.6) is 5.75 Å². The second-order valence-electron chi connectivity index (χ2n) is 6.83. The molecule has 5 nitrogen and oxygen atoms in total. The molecule has 2 N–H and O–H groups in total. The summed E-state index contributed by atoms with van der Waals surface area (Å²) in [6, 6.07) is 8.11. The number of aromatic nitrogens is 1. The van der Waals surface area contributed by atoms with Crippen LogP contribution in [-0.4, -0.2) is 40.7 Å². The lowest BCUT2D eigenvalue weighted by molar-refractivity contribution is 0.0931. The zero-order valence-corrected chi connectivity index (χ0v) is 14.9. The third-order valence-corrected chi connectivity index (χ3v) is 4.44. The molecule has 2 aromatic rings. The number of hydrogen-bond donors (Lipinski definition) is 2. The van der Waals surface area contributed by atoms with E-state index in [1.165, 1.54) is 5.56 Å². The number of aromatic hydroxyl groups is 1. The van der Waals surface area contributed by atoms with Crippen LogP contribution in [0.4, 0.5) is 0 Å². The minimum atomic E-state index is -1.01. The topological polar surface area (TPSA) is 65.8 Å². The Morgan fingerprint density at radius 3 is 2.68 bits per heavy atom. The zero-order valence-electron chi connectivity index (χ0n) is 14.9. The molecule has 0 amide bonds. The highest BCUT2D eigenvalue weighted by atomic mass is 16.5. The normalized spacial score (nSPS) is 17.6. The number of likely N-dealkylation sites (N-methyl/N-ethyl adjacent to an activating group) is 1. The van der Waals surface area contributed by atoms with E-state index < -0.39 is 6.10 Å². The average molecular weight is 340 g/mol. The van der Waals surface area contributed by atoms with Crippen LogP contribution in [-0.2, 0) is 11.3 Å². The lowest BCUT2D eigenvalue weighted by Crippen LogP contribution is -2.19. The summed E-state index contributed by atoms with van der Waals surface area (Å²) in [5.74, 6) is -0.000446. The largest absolute Gasteiger partial charge is 0.506 e. The predicted octanol–water partition coefficient (Wildman–Crippen LogP) is 2.87. The molecule has 1 aromatic heterocycles. The average Bonchev–Trinajstić information content (AvgIpc) is 2.99. The molecule has 0 fully saturated rings. The van der Waals surface area contributed by atoms with Crippen molar-refractivity contribution in [3.8, 4) is 5.75 Å². The number of aryl methyl sites for hydroxylation is 1. The van der Waals surface area contributed by atoms with Crippen LogP contribution >= 0.6 is 0 Å². The van der Waals surface area contributed by atoms with Crippen LogP contribution in [0, 0.1) is 6.92 Å². The van der Waals surface area contributed by atoms with Crippen molar-refractivity contribution in [3.63, 3.8) is 0 Å². The first-order valence-electron chi connectivity index (χ1n) is 8.27. The van der Waals surface area contributed by atoms with E-state index in [0.717, 1.165) is 11.1 Å². The van der Waals surface area contributed by atoms with E-state index in [1.807, 2.05) is 50.2 Å². The number of pyridine rings is 1. The number of aliphatic hydroxyl groups excluding tert-OH is 1. The number of hydrogen-bond acceptors (Lipinski definition) is 5. The van der Waals surface area contributed by atoms with Crippen molar-refractivity contribution in [2.75, 3.05) is 20.6 Å². The zero-order chi connectivity index (χ0) is 18.1. The van der Waals surface area contributed by atoms with Gasteiger partial charge in [-0.15, -0.1) is 0 Å². The summed E-state index contributed by atoms with van der Waals surface area (Å²) in [6.07, 6.45) is 0.435. The molecule has 0 spiro atoms. The highest BCUT2D eigenvalue weighted by Crippen LogP contribution is 2.42. The highest BCUT2D eigenvalue weighted by molar-refractivity contribution is 5.48. The molecule has 25 heavy (non-hydrogen) atoms. The van der Waals surface area contributed by atoms with E-state index in [0.29, 0.717) is 24.3 Å². The number of aliphatic hydroxyl groups is 1. The highest BCUT2D eigenvalue weighted by Gasteiger charge is 2.31. The van der Waals surface area contributed by atoms with Crippen molar-refractivity contribution in [3.05, 3.63) is 70.6 Å². The molecular weight excluding hydrogens is 316 g/mol. The van der Waals surface area contributed by atoms with Gasteiger partial charge in [0.1, 0.15) is 23.7 Å². The summed E-state index contributed by atoms with van der Waals surface area (Å²) in [6.45, 7) is 6.75. The number of fused-ring (bicyclic) bond motifs is 1. The molecule has 1 aliphatic heterocycles. The van der Waals surface area contributed by atoms with Crippen molar-refractivity contribution in [1.82, 2.24) is 9.88 Å². The second kappa shape index (κ2) is 6.96. The van der Waals surface area contributed by atoms with Gasteiger partial charge in [-0.2, -0.15) is 0 Å². The summed E-state index contributed by atoms with van der Waals surface area (Å²) >= 11 is 0. The smallest absolute Gasteiger partial charge is 0.146 e. The molecule has 0 saturated heterocycles. The van der Waals surface area contributed by atoms with E-state index in [9.17, 15) is 10.2 Å². The minimum Gasteiger partial charge on any atom is -0.506 e. The Hall–Kier alpha value is -2.21. The van der Waals surface area contributed by atoms with Gasteiger partial charge in [0.05, 0.1) is 6.61 Å². The van der Waals surface area contributed by atoms with E-state index in [2.05, 4.69) is 11.6 Å². The maximum Gasteiger partial charge on any atom is 0.146 e. The Bertz CT molecular complexity index is 784. The van der Waals surface area contributed by atoms with E-state index in [-0.39, 0.29) is 17.5 Å². The summed E-state index contributed by atoms with van der Waals surface area (Å²) in [4.78, 5) is 6.22. The van der Waals surface area contributed by atoms with Gasteiger partial charge >= 0.3 is 0 Å². The van der Waals surface area contributed by atoms with Gasteiger partial charge in [-0.05, 0) is 32.2 Å². The lowest BCUT2D eigenvalue weighted by Gasteiger charge is -2.19. The molecule has 3 rings (SSSR count). The van der Waals surface area contributed by atoms with Crippen LogP contribution in [0.3, 0.4) is 0 Å². The fourth-order valence-corrected chi connectivity index (χ4v) is 3.11. The minimum absolute atomic E-state index is 0.000446. The Balaban J connectivity index is 1.91. The van der Waals surface area contributed by atoms with Gasteiger partial charge < -0.3 is 19.8 Å². The maximum absolute atomic E-state index is 10.6. The van der Waals surface area contributed by atoms with Gasteiger partial charge in [0.15, 0.2) is 0 Å². The van der Waals surface area contributed by atoms with Crippen molar-refractivity contribution in [2.45, 2.75) is 25.7 Å². The van der Waals surface area contributed by atoms with E-state index in [4.69, 9.17) is 4.74 Å². The van der Waals surface area contributed by atoms with Crippen molar-refractivity contribution in [1.29, 1.82) is 0 Å². The van der Waals surface area contributed by atoms with E-state index >= 15 is 0 Å². The van der Waals surface area contributed by atoms with Crippen LogP contribution < -0.4 is 0 Å². The molecule has 2 atom stereocenters. The van der Waals surface area contributed by atoms with Gasteiger partial charge in [0, 0.05) is 23.9 Å². The SMILES string of the molecule is C=C(CN(C)C)C(O)c1ncc2c(c1O)COC2c1ccc(C)cc1. The van der Waals surface area contributed by atoms with Gasteiger partial charge in [-0.25, -0.2) is 0 Å². The summed E-state index contributed by atoms with van der Waals surface area (Å²) in [7, 11) is 3.79. The number of rotatable bonds is 5. The Kier molecular flexibility index (Phi) is 4.90. The molecule has 0 saturated carbocycles. The van der Waals surface area contributed by atoms with Crippen LogP contribution in [0.15, 0.2) is 42.6 Å². The van der Waals surface area contributed by atoms with Crippen molar-refractivity contribution >= 4 is 0 Å². The standard InChI is InChI=1S/C20H24N2O3/c1-12-5-7-14(8-6-12)20-15-9-21-17(19(24)16(15)11-25-20)18(23)13(2)10-22(3)4/h5-9,18,20,23-24H,2,10-11H2,1,3-4H3. The van der Waals surface area contributed by atoms with Crippen molar-refractivity contribution < 1.29 is 14.9 Å². The summed E-state index contributed by atoms with van der Waals surface area (Å²) in [5, 5.41) is 21.1. The number of nitrogens with zero attached hydrogens (tertiary/aromatic N) is 2. The van der Waals surface area contributed by atoms with Crippen LogP contribution in [0.1, 0.15) is 40.2 Å². The molecule has 2 heterocycles. The Labute approximate surface area is 148 Å². The quantitative estimate of drug-likeness (QED) is 0.820. The Morgan fingerprint density at radius 1 is 1.36 bits per heavy atom. The fraction of sp³-hybridized carbons (Fsp3) is 0.350. The monoisotopic (exact) mass is 340 g/mol. The first kappa shape index (κ1) is 17.6. The van der Waals surface area contributed by atoms with Crippen molar-refractivity contribution in [2.24, 2.45) is 0 Å². The predicted molar refractivity (Wildman–Crippen MR) is 96.4 cm³/mol. The van der Waals surface area contributed by atoms with E-state index in [1.54, 1.807) is 6.20 Å². The second-order valence-corrected chi connectivity index (χ2v) is 6.83. The first-order valence-corrected chi connectivity index (χ1v) is 8.27.